The van der Waals surface area contributed by atoms with E-state index in [2.05, 4.69) is 59.0 Å². The van der Waals surface area contributed by atoms with Gasteiger partial charge in [-0.25, -0.2) is 39.4 Å². The maximum atomic E-state index is 15.8. The van der Waals surface area contributed by atoms with Crippen molar-refractivity contribution < 1.29 is 48.3 Å². The predicted octanol–water partition coefficient (Wildman–Crippen LogP) is 14.5. The van der Waals surface area contributed by atoms with Crippen molar-refractivity contribution in [1.82, 2.24) is 4.13 Å². The fourth-order valence-electron chi connectivity index (χ4n) is 8.42. The molecule has 1 heterocycles. The van der Waals surface area contributed by atoms with Crippen molar-refractivity contribution in [3.8, 4) is 22.5 Å². The highest BCUT2D eigenvalue weighted by Crippen LogP contribution is 2.44. The van der Waals surface area contributed by atoms with Crippen molar-refractivity contribution in [3.63, 3.8) is 0 Å². The number of ether oxygens (including phenoxy) is 1. The molecular formula is C56H59F4N3O7S3. The molecule has 5 aromatic rings. The summed E-state index contributed by atoms with van der Waals surface area (Å²) < 4.78 is 132. The van der Waals surface area contributed by atoms with Crippen LogP contribution in [0.15, 0.2) is 121 Å². The predicted molar refractivity (Wildman–Crippen MR) is 281 cm³/mol. The molecule has 7 rings (SSSR count). The van der Waals surface area contributed by atoms with Crippen LogP contribution in [0.25, 0.3) is 33.4 Å². The molecule has 0 saturated heterocycles. The highest BCUT2D eigenvalue weighted by atomic mass is 32.3. The standard InChI is InChI=1S/C56H59F4N3O7S3/c1-11-56(9,10)55(64)69-27-16-28-71-53-47(57)49(59)54(50(60)48(53)58)73(67,68)63-72(65,66)45-22-13-12-18-42(45)46-40-25-23-35(61-51-34(8)17-14-19-37(51)31(2)3)29-43(40)70-44-30-36(24-26-41(44)46)62-52-38(32(4)5)20-15-21-39(52)33(6)7/h12-15,17-26,29-33,62-63H,11,16,27-28H2,1-10H3. The largest absolute Gasteiger partial charge is 0.465 e. The molecule has 10 nitrogen and oxygen atoms in total. The molecule has 0 aromatic heterocycles. The van der Waals surface area contributed by atoms with Gasteiger partial charge in [0.25, 0.3) is 20.0 Å². The number of nitrogens with zero attached hydrogens (tertiary/aromatic N) is 1. The monoisotopic (exact) mass is 1060 g/mol. The van der Waals surface area contributed by atoms with E-state index in [9.17, 15) is 21.6 Å². The van der Waals surface area contributed by atoms with Crippen molar-refractivity contribution in [2.24, 2.45) is 10.4 Å². The molecule has 2 N–H and O–H groups in total. The number of thioether (sulfide) groups is 1. The summed E-state index contributed by atoms with van der Waals surface area (Å²) in [5, 5.41) is 4.55. The molecule has 386 valence electrons. The van der Waals surface area contributed by atoms with Crippen molar-refractivity contribution in [2.45, 2.75) is 115 Å². The molecule has 0 radical (unpaired) electrons. The van der Waals surface area contributed by atoms with Crippen LogP contribution in [0.1, 0.15) is 115 Å². The minimum absolute atomic E-state index is 0.0324. The Morgan fingerprint density at radius 2 is 1.36 bits per heavy atom. The third-order valence-corrected chi connectivity index (χ3v) is 17.5. The molecule has 73 heavy (non-hydrogen) atoms. The smallest absolute Gasteiger partial charge is 0.311 e. The van der Waals surface area contributed by atoms with Gasteiger partial charge in [0, 0.05) is 51.3 Å². The Morgan fingerprint density at radius 3 is 1.99 bits per heavy atom. The van der Waals surface area contributed by atoms with Gasteiger partial charge in [0.05, 0.1) is 32.9 Å². The van der Waals surface area contributed by atoms with Gasteiger partial charge in [-0.05, 0) is 104 Å². The van der Waals surface area contributed by atoms with E-state index in [0.29, 0.717) is 45.8 Å². The van der Waals surface area contributed by atoms with Crippen molar-refractivity contribution in [2.75, 3.05) is 17.7 Å². The first-order chi connectivity index (χ1) is 34.4. The lowest BCUT2D eigenvalue weighted by Crippen LogP contribution is -2.33. The number of hydrogen-bond acceptors (Lipinski definition) is 10. The summed E-state index contributed by atoms with van der Waals surface area (Å²) in [6, 6.07) is 28.0. The number of carbonyl (C=O) groups is 1. The summed E-state index contributed by atoms with van der Waals surface area (Å²) in [6.07, 6.45) is 0.524. The molecule has 1 aliphatic heterocycles. The zero-order valence-electron chi connectivity index (χ0n) is 42.3. The Kier molecular flexibility index (Phi) is 16.4. The minimum Gasteiger partial charge on any atom is -0.465 e. The van der Waals surface area contributed by atoms with E-state index >= 15 is 17.6 Å². The molecule has 1 aliphatic carbocycles. The molecule has 0 bridgehead atoms. The molecule has 17 heteroatoms. The third-order valence-electron chi connectivity index (χ3n) is 12.8. The molecule has 0 amide bonds. The second-order valence-corrected chi connectivity index (χ2v) is 24.1. The summed E-state index contributed by atoms with van der Waals surface area (Å²) in [5.41, 5.74) is 6.71. The average molecular weight is 1060 g/mol. The average Bonchev–Trinajstić information content (AvgIpc) is 3.33. The number of carbonyl (C=O) groups excluding carboxylic acids is 1. The first-order valence-corrected chi connectivity index (χ1v) is 27.9. The molecule has 5 aromatic carbocycles. The normalized spacial score (nSPS) is 12.8. The lowest BCUT2D eigenvalue weighted by molar-refractivity contribution is -0.154. The summed E-state index contributed by atoms with van der Waals surface area (Å²) in [6.45, 7) is 19.5. The van der Waals surface area contributed by atoms with Crippen LogP contribution >= 0.6 is 11.8 Å². The van der Waals surface area contributed by atoms with E-state index in [4.69, 9.17) is 14.1 Å². The van der Waals surface area contributed by atoms with Gasteiger partial charge in [0.2, 0.25) is 0 Å². The quantitative estimate of drug-likeness (QED) is 0.0214. The van der Waals surface area contributed by atoms with E-state index in [1.807, 2.05) is 37.3 Å². The number of sulfonamides is 2. The van der Waals surface area contributed by atoms with Crippen molar-refractivity contribution in [3.05, 3.63) is 148 Å². The molecule has 0 unspecified atom stereocenters. The molecule has 0 atom stereocenters. The van der Waals surface area contributed by atoms with Crippen LogP contribution in [0.2, 0.25) is 0 Å². The number of benzene rings is 6. The van der Waals surface area contributed by atoms with E-state index in [0.717, 1.165) is 39.7 Å². The summed E-state index contributed by atoms with van der Waals surface area (Å²) in [5.74, 6) is -8.65. The van der Waals surface area contributed by atoms with E-state index in [1.54, 1.807) is 51.1 Å². The zero-order valence-corrected chi connectivity index (χ0v) is 44.8. The van der Waals surface area contributed by atoms with Crippen molar-refractivity contribution in [1.29, 1.82) is 0 Å². The van der Waals surface area contributed by atoms with Crippen LogP contribution in [-0.4, -0.2) is 35.2 Å². The maximum Gasteiger partial charge on any atom is 0.311 e. The fraction of sp³-hybridized carbons (Fsp3) is 0.321. The Morgan fingerprint density at radius 1 is 0.740 bits per heavy atom. The van der Waals surface area contributed by atoms with Crippen LogP contribution in [0.4, 0.5) is 34.6 Å². The zero-order chi connectivity index (χ0) is 53.3. The molecule has 0 saturated carbocycles. The Hall–Kier alpha value is -6.01. The highest BCUT2D eigenvalue weighted by molar-refractivity contribution is 8.04. The summed E-state index contributed by atoms with van der Waals surface area (Å²) >= 11 is 0.333. The minimum atomic E-state index is -5.91. The number of anilines is 2. The summed E-state index contributed by atoms with van der Waals surface area (Å²) in [7, 11) is -11.3. The molecule has 0 fully saturated rings. The number of fused-ring (bicyclic) bond motifs is 2. The van der Waals surface area contributed by atoms with Gasteiger partial charge >= 0.3 is 5.97 Å². The molecule has 0 spiro atoms. The van der Waals surface area contributed by atoms with E-state index in [1.165, 1.54) is 22.3 Å². The number of para-hydroxylation sites is 2. The van der Waals surface area contributed by atoms with Crippen LogP contribution < -0.4 is 14.8 Å². The van der Waals surface area contributed by atoms with Gasteiger partial charge in [-0.3, -0.25) is 4.79 Å². The SMILES string of the molecule is CCC(C)(C)C(=O)OCCCSc1c(F)c(F)c(S(=O)(=O)NS(=O)(=O)c2ccccc2-c2c3ccc(=Nc4c(C)cccc4C(C)C)cc-3oc3cc(Nc4c(C(C)C)cccc4C(C)C)ccc23)c(F)c1F. The van der Waals surface area contributed by atoms with Crippen LogP contribution in [0, 0.1) is 35.6 Å². The fourth-order valence-corrected chi connectivity index (χ4v) is 12.5. The second kappa shape index (κ2) is 21.8. The number of aryl methyl sites for hydroxylation is 1. The lowest BCUT2D eigenvalue weighted by Gasteiger charge is -2.22. The maximum absolute atomic E-state index is 15.8. The third kappa shape index (κ3) is 11.4. The Bertz CT molecular complexity index is 3460. The summed E-state index contributed by atoms with van der Waals surface area (Å²) in [4.78, 5) is 13.3. The number of hydrogen-bond donors (Lipinski definition) is 2. The lowest BCUT2D eigenvalue weighted by atomic mass is 9.91. The Balaban J connectivity index is 1.33. The van der Waals surface area contributed by atoms with Gasteiger partial charge in [-0.1, -0.05) is 103 Å². The van der Waals surface area contributed by atoms with Gasteiger partial charge in [-0.15, -0.1) is 15.9 Å². The second-order valence-electron chi connectivity index (χ2n) is 19.5. The topological polar surface area (TPSA) is 144 Å². The van der Waals surface area contributed by atoms with Crippen molar-refractivity contribution >= 4 is 65.8 Å². The number of esters is 1. The number of nitrogens with one attached hydrogen (secondary N) is 2. The van der Waals surface area contributed by atoms with Gasteiger partial charge in [-0.2, -0.15) is 0 Å². The van der Waals surface area contributed by atoms with Crippen LogP contribution in [-0.2, 0) is 29.6 Å². The van der Waals surface area contributed by atoms with Crippen LogP contribution in [0.5, 0.6) is 0 Å². The van der Waals surface area contributed by atoms with Crippen LogP contribution in [0.3, 0.4) is 0 Å². The first kappa shape index (κ1) is 54.8. The van der Waals surface area contributed by atoms with E-state index in [-0.39, 0.29) is 53.4 Å². The van der Waals surface area contributed by atoms with Gasteiger partial charge < -0.3 is 14.5 Å². The van der Waals surface area contributed by atoms with E-state index < -0.39 is 69.4 Å². The molecule has 2 aliphatic rings. The highest BCUT2D eigenvalue weighted by Gasteiger charge is 2.37. The molecular weight excluding hydrogens is 999 g/mol. The Labute approximate surface area is 429 Å². The number of rotatable bonds is 18. The first-order valence-electron chi connectivity index (χ1n) is 24.0. The van der Waals surface area contributed by atoms with Gasteiger partial charge in [0.1, 0.15) is 11.3 Å². The van der Waals surface area contributed by atoms with Gasteiger partial charge in [0.15, 0.2) is 28.2 Å². The number of halogens is 4.